The molecule has 0 saturated carbocycles. The van der Waals surface area contributed by atoms with Crippen LogP contribution in [-0.4, -0.2) is 17.9 Å². The number of pyridine rings is 1. The maximum Gasteiger partial charge on any atom is 0.261 e. The molecule has 0 aliphatic heterocycles. The summed E-state index contributed by atoms with van der Waals surface area (Å²) >= 11 is 0. The summed E-state index contributed by atoms with van der Waals surface area (Å²) in [6, 6.07) is 10.6. The first-order valence-corrected chi connectivity index (χ1v) is 6.28. The Hall–Kier alpha value is -2.91. The minimum atomic E-state index is -0.259. The van der Waals surface area contributed by atoms with Gasteiger partial charge in [0, 0.05) is 24.6 Å². The molecule has 0 radical (unpaired) electrons. The fourth-order valence-electron chi connectivity index (χ4n) is 1.93. The quantitative estimate of drug-likeness (QED) is 0.661. The molecular weight excluding hydrogens is 266 g/mol. The zero-order chi connectivity index (χ0) is 15.4. The van der Waals surface area contributed by atoms with Crippen molar-refractivity contribution in [3.63, 3.8) is 0 Å². The van der Waals surface area contributed by atoms with Crippen LogP contribution in [0.2, 0.25) is 0 Å². The summed E-state index contributed by atoms with van der Waals surface area (Å²) in [6.07, 6.45) is 1.48. The minimum absolute atomic E-state index is 0.259. The third kappa shape index (κ3) is 2.99. The van der Waals surface area contributed by atoms with E-state index in [0.717, 1.165) is 5.69 Å². The van der Waals surface area contributed by atoms with E-state index in [2.05, 4.69) is 10.4 Å². The monoisotopic (exact) mass is 281 g/mol. The number of rotatable bonds is 3. The van der Waals surface area contributed by atoms with Gasteiger partial charge in [-0.15, -0.1) is 0 Å². The summed E-state index contributed by atoms with van der Waals surface area (Å²) in [5.74, 6) is 5.19. The van der Waals surface area contributed by atoms with Crippen molar-refractivity contribution in [3.05, 3.63) is 53.3 Å². The lowest BCUT2D eigenvalue weighted by molar-refractivity contribution is 0.0993. The third-order valence-electron chi connectivity index (χ3n) is 3.09. The molecule has 106 valence electrons. The van der Waals surface area contributed by atoms with Gasteiger partial charge in [0.2, 0.25) is 0 Å². The van der Waals surface area contributed by atoms with E-state index in [9.17, 15) is 4.79 Å². The smallest absolute Gasteiger partial charge is 0.261 e. The number of nitrogens with two attached hydrogens (primary N) is 1. The van der Waals surface area contributed by atoms with E-state index in [4.69, 9.17) is 11.1 Å². The zero-order valence-corrected chi connectivity index (χ0v) is 11.8. The number of hydrogen-bond acceptors (Lipinski definition) is 5. The molecule has 3 N–H and O–H groups in total. The van der Waals surface area contributed by atoms with Crippen LogP contribution in [0.4, 0.5) is 11.4 Å². The van der Waals surface area contributed by atoms with Crippen molar-refractivity contribution in [2.75, 3.05) is 17.4 Å². The Kier molecular flexibility index (Phi) is 4.16. The van der Waals surface area contributed by atoms with Gasteiger partial charge in [0.05, 0.1) is 22.9 Å². The number of anilines is 2. The largest absolute Gasteiger partial charge is 0.323 e. The Morgan fingerprint density at radius 3 is 2.86 bits per heavy atom. The Balaban J connectivity index is 2.37. The number of nitriles is 1. The molecule has 1 amide bonds. The average Bonchev–Trinajstić information content (AvgIpc) is 2.53. The number of hydrazine groups is 1. The average molecular weight is 281 g/mol. The lowest BCUT2D eigenvalue weighted by Gasteiger charge is -2.19. The molecule has 0 fully saturated rings. The number of aryl methyl sites for hydroxylation is 1. The molecule has 21 heavy (non-hydrogen) atoms. The number of carbonyl (C=O) groups is 1. The van der Waals surface area contributed by atoms with Gasteiger partial charge in [-0.1, -0.05) is 6.07 Å². The van der Waals surface area contributed by atoms with Crippen LogP contribution in [0.15, 0.2) is 36.5 Å². The molecule has 0 aliphatic rings. The van der Waals surface area contributed by atoms with Crippen LogP contribution in [0.1, 0.15) is 21.6 Å². The molecule has 0 bridgehead atoms. The number of carbonyl (C=O) groups excluding carboxylic acids is 1. The van der Waals surface area contributed by atoms with Gasteiger partial charge in [0.25, 0.3) is 5.91 Å². The lowest BCUT2D eigenvalue weighted by atomic mass is 10.1. The maximum absolute atomic E-state index is 12.5. The summed E-state index contributed by atoms with van der Waals surface area (Å²) in [4.78, 5) is 18.1. The van der Waals surface area contributed by atoms with Crippen molar-refractivity contribution < 1.29 is 4.79 Å². The molecule has 1 aromatic carbocycles. The van der Waals surface area contributed by atoms with Crippen LogP contribution in [0, 0.1) is 18.3 Å². The van der Waals surface area contributed by atoms with E-state index in [1.807, 2.05) is 13.0 Å². The van der Waals surface area contributed by atoms with E-state index in [1.165, 1.54) is 11.1 Å². The second-order valence-corrected chi connectivity index (χ2v) is 4.54. The Bertz CT molecular complexity index is 720. The van der Waals surface area contributed by atoms with Gasteiger partial charge in [0.15, 0.2) is 0 Å². The first-order chi connectivity index (χ1) is 10.1. The standard InChI is InChI=1S/C15H15N5O/c1-10-6-14(19-17)13(9-18-10)15(21)20(2)12-5-3-4-11(7-12)8-16/h3-7,9H,17H2,1-2H3,(H,18,19). The topological polar surface area (TPSA) is 95.0 Å². The van der Waals surface area contributed by atoms with Crippen LogP contribution in [0.3, 0.4) is 0 Å². The SMILES string of the molecule is Cc1cc(NN)c(C(=O)N(C)c2cccc(C#N)c2)cn1. The fourth-order valence-corrected chi connectivity index (χ4v) is 1.93. The van der Waals surface area contributed by atoms with Gasteiger partial charge in [-0.05, 0) is 31.2 Å². The molecule has 1 heterocycles. The normalized spacial score (nSPS) is 9.81. The van der Waals surface area contributed by atoms with E-state index in [1.54, 1.807) is 37.4 Å². The van der Waals surface area contributed by atoms with Gasteiger partial charge in [-0.3, -0.25) is 15.6 Å². The van der Waals surface area contributed by atoms with Crippen LogP contribution >= 0.6 is 0 Å². The summed E-state index contributed by atoms with van der Waals surface area (Å²) in [5, 5.41) is 8.92. The van der Waals surface area contributed by atoms with Gasteiger partial charge in [0.1, 0.15) is 0 Å². The summed E-state index contributed by atoms with van der Waals surface area (Å²) < 4.78 is 0. The zero-order valence-electron chi connectivity index (χ0n) is 11.8. The Morgan fingerprint density at radius 2 is 2.19 bits per heavy atom. The number of benzene rings is 1. The Labute approximate surface area is 122 Å². The van der Waals surface area contributed by atoms with E-state index in [-0.39, 0.29) is 5.91 Å². The van der Waals surface area contributed by atoms with E-state index < -0.39 is 0 Å². The number of nitrogen functional groups attached to an aromatic ring is 1. The molecule has 1 aromatic heterocycles. The predicted octanol–water partition coefficient (Wildman–Crippen LogP) is 1.82. The van der Waals surface area contributed by atoms with Crippen molar-refractivity contribution in [3.8, 4) is 6.07 Å². The van der Waals surface area contributed by atoms with Gasteiger partial charge >= 0.3 is 0 Å². The van der Waals surface area contributed by atoms with Gasteiger partial charge < -0.3 is 10.3 Å². The predicted molar refractivity (Wildman–Crippen MR) is 80.7 cm³/mol. The second-order valence-electron chi connectivity index (χ2n) is 4.54. The molecule has 6 nitrogen and oxygen atoms in total. The first kappa shape index (κ1) is 14.5. The van der Waals surface area contributed by atoms with Gasteiger partial charge in [-0.25, -0.2) is 0 Å². The minimum Gasteiger partial charge on any atom is -0.323 e. The molecule has 2 rings (SSSR count). The summed E-state index contributed by atoms with van der Waals surface area (Å²) in [6.45, 7) is 1.81. The van der Waals surface area contributed by atoms with E-state index >= 15 is 0 Å². The summed E-state index contributed by atoms with van der Waals surface area (Å²) in [5.41, 5.74) is 5.26. The highest BCUT2D eigenvalue weighted by Gasteiger charge is 2.18. The number of aromatic nitrogens is 1. The van der Waals surface area contributed by atoms with E-state index in [0.29, 0.717) is 22.5 Å². The highest BCUT2D eigenvalue weighted by Crippen LogP contribution is 2.21. The van der Waals surface area contributed by atoms with Crippen LogP contribution < -0.4 is 16.2 Å². The van der Waals surface area contributed by atoms with Crippen molar-refractivity contribution in [2.24, 2.45) is 5.84 Å². The van der Waals surface area contributed by atoms with Crippen LogP contribution in [0.5, 0.6) is 0 Å². The molecule has 2 aromatic rings. The van der Waals surface area contributed by atoms with Crippen molar-refractivity contribution in [1.29, 1.82) is 5.26 Å². The first-order valence-electron chi connectivity index (χ1n) is 6.28. The highest BCUT2D eigenvalue weighted by molar-refractivity contribution is 6.09. The molecule has 0 aliphatic carbocycles. The number of nitrogens with one attached hydrogen (secondary N) is 1. The van der Waals surface area contributed by atoms with Crippen LogP contribution in [-0.2, 0) is 0 Å². The lowest BCUT2D eigenvalue weighted by Crippen LogP contribution is -2.28. The van der Waals surface area contributed by atoms with Crippen molar-refractivity contribution in [1.82, 2.24) is 4.98 Å². The third-order valence-corrected chi connectivity index (χ3v) is 3.09. The second kappa shape index (κ2) is 6.03. The molecule has 0 unspecified atom stereocenters. The maximum atomic E-state index is 12.5. The van der Waals surface area contributed by atoms with Crippen molar-refractivity contribution >= 4 is 17.3 Å². The molecule has 0 atom stereocenters. The fraction of sp³-hybridized carbons (Fsp3) is 0.133. The summed E-state index contributed by atoms with van der Waals surface area (Å²) in [7, 11) is 1.64. The Morgan fingerprint density at radius 1 is 1.43 bits per heavy atom. The number of amides is 1. The molecular formula is C15H15N5O. The number of nitrogens with zero attached hydrogens (tertiary/aromatic N) is 3. The molecule has 0 spiro atoms. The highest BCUT2D eigenvalue weighted by atomic mass is 16.2. The van der Waals surface area contributed by atoms with Crippen LogP contribution in [0.25, 0.3) is 0 Å². The van der Waals surface area contributed by atoms with Gasteiger partial charge in [-0.2, -0.15) is 5.26 Å². The molecule has 0 saturated heterocycles. The molecule has 6 heteroatoms. The number of hydrogen-bond donors (Lipinski definition) is 2. The van der Waals surface area contributed by atoms with Crippen molar-refractivity contribution in [2.45, 2.75) is 6.92 Å².